The van der Waals surface area contributed by atoms with Gasteiger partial charge in [0.1, 0.15) is 11.4 Å². The molecular weight excluding hydrogens is 424 g/mol. The molecule has 2 aromatic carbocycles. The summed E-state index contributed by atoms with van der Waals surface area (Å²) in [6.07, 6.45) is 11.1. The first-order valence-electron chi connectivity index (χ1n) is 12.0. The molecule has 6 heteroatoms. The van der Waals surface area contributed by atoms with Gasteiger partial charge in [-0.1, -0.05) is 75.4 Å². The van der Waals surface area contributed by atoms with Gasteiger partial charge >= 0.3 is 0 Å². The topological polar surface area (TPSA) is 79.4 Å². The van der Waals surface area contributed by atoms with E-state index in [1.54, 1.807) is 12.3 Å². The maximum atomic E-state index is 12.4. The Labute approximate surface area is 202 Å². The van der Waals surface area contributed by atoms with Gasteiger partial charge in [-0.2, -0.15) is 10.2 Å². The molecule has 0 aliphatic carbocycles. The number of H-pyrrole nitrogens is 1. The number of hydrogen-bond acceptors (Lipinski definition) is 4. The molecule has 34 heavy (non-hydrogen) atoms. The van der Waals surface area contributed by atoms with Crippen LogP contribution in [0, 0.1) is 0 Å². The Balaban J connectivity index is 1.45. The van der Waals surface area contributed by atoms with Crippen molar-refractivity contribution in [3.8, 4) is 17.0 Å². The number of carbonyl (C=O) groups is 1. The van der Waals surface area contributed by atoms with E-state index in [0.717, 1.165) is 35.5 Å². The Bertz CT molecular complexity index is 1070. The van der Waals surface area contributed by atoms with Crippen molar-refractivity contribution in [2.75, 3.05) is 6.61 Å². The summed E-state index contributed by atoms with van der Waals surface area (Å²) in [6.45, 7) is 4.89. The molecule has 0 aliphatic rings. The summed E-state index contributed by atoms with van der Waals surface area (Å²) in [5, 5.41) is 11.1. The first kappa shape index (κ1) is 25.0. The average Bonchev–Trinajstić information content (AvgIpc) is 3.35. The highest BCUT2D eigenvalue weighted by molar-refractivity contribution is 5.94. The highest BCUT2D eigenvalue weighted by Crippen LogP contribution is 2.21. The van der Waals surface area contributed by atoms with Gasteiger partial charge in [-0.05, 0) is 54.8 Å². The van der Waals surface area contributed by atoms with Crippen molar-refractivity contribution in [2.24, 2.45) is 5.10 Å². The van der Waals surface area contributed by atoms with Crippen LogP contribution in [-0.2, 0) is 0 Å². The Morgan fingerprint density at radius 1 is 1.03 bits per heavy atom. The van der Waals surface area contributed by atoms with Crippen molar-refractivity contribution in [3.05, 3.63) is 77.5 Å². The second-order valence-corrected chi connectivity index (χ2v) is 8.31. The van der Waals surface area contributed by atoms with Gasteiger partial charge < -0.3 is 4.74 Å². The van der Waals surface area contributed by atoms with Crippen molar-refractivity contribution >= 4 is 18.2 Å². The summed E-state index contributed by atoms with van der Waals surface area (Å²) in [4.78, 5) is 12.4. The fraction of sp³-hybridized carbons (Fsp3) is 0.321. The Morgan fingerprint density at radius 2 is 1.76 bits per heavy atom. The molecule has 3 rings (SSSR count). The lowest BCUT2D eigenvalue weighted by Gasteiger charge is -2.06. The number of amides is 1. The Hall–Kier alpha value is -3.67. The van der Waals surface area contributed by atoms with Crippen molar-refractivity contribution in [2.45, 2.75) is 52.4 Å². The van der Waals surface area contributed by atoms with Gasteiger partial charge in [0.2, 0.25) is 0 Å². The molecular formula is C28H34N4O2. The molecule has 0 saturated carbocycles. The predicted molar refractivity (Wildman–Crippen MR) is 139 cm³/mol. The lowest BCUT2D eigenvalue weighted by atomic mass is 10.1. The van der Waals surface area contributed by atoms with Gasteiger partial charge in [0.15, 0.2) is 0 Å². The van der Waals surface area contributed by atoms with Crippen LogP contribution in [0.25, 0.3) is 17.3 Å². The van der Waals surface area contributed by atoms with Crippen molar-refractivity contribution in [1.29, 1.82) is 0 Å². The third-order valence-electron chi connectivity index (χ3n) is 5.37. The molecule has 1 amide bonds. The number of unbranched alkanes of at least 4 members (excludes halogenated alkanes) is 5. The van der Waals surface area contributed by atoms with Crippen LogP contribution >= 0.6 is 0 Å². The van der Waals surface area contributed by atoms with Gasteiger partial charge in [-0.25, -0.2) is 5.43 Å². The largest absolute Gasteiger partial charge is 0.494 e. The molecule has 0 unspecified atom stereocenters. The minimum Gasteiger partial charge on any atom is -0.494 e. The maximum Gasteiger partial charge on any atom is 0.289 e. The quantitative estimate of drug-likeness (QED) is 0.171. The zero-order valence-electron chi connectivity index (χ0n) is 20.1. The van der Waals surface area contributed by atoms with Crippen LogP contribution in [0.5, 0.6) is 5.75 Å². The first-order valence-corrected chi connectivity index (χ1v) is 12.0. The van der Waals surface area contributed by atoms with Crippen LogP contribution in [0.3, 0.4) is 0 Å². The number of hydrogen-bond donors (Lipinski definition) is 2. The second kappa shape index (κ2) is 13.8. The van der Waals surface area contributed by atoms with E-state index in [1.165, 1.54) is 32.1 Å². The van der Waals surface area contributed by atoms with E-state index < -0.39 is 0 Å². The lowest BCUT2D eigenvalue weighted by Crippen LogP contribution is -2.17. The number of hydrazone groups is 1. The van der Waals surface area contributed by atoms with Crippen molar-refractivity contribution in [1.82, 2.24) is 15.6 Å². The molecule has 178 valence electrons. The van der Waals surface area contributed by atoms with E-state index in [1.807, 2.05) is 67.6 Å². The number of aromatic amines is 1. The number of nitrogens with one attached hydrogen (secondary N) is 2. The summed E-state index contributed by atoms with van der Waals surface area (Å²) < 4.78 is 5.84. The molecule has 3 aromatic rings. The number of allylic oxidation sites excluding steroid dienone is 1. The smallest absolute Gasteiger partial charge is 0.289 e. The second-order valence-electron chi connectivity index (χ2n) is 8.31. The van der Waals surface area contributed by atoms with Crippen LogP contribution in [0.2, 0.25) is 0 Å². The third kappa shape index (κ3) is 8.35. The summed E-state index contributed by atoms with van der Waals surface area (Å²) in [6, 6.07) is 19.4. The van der Waals surface area contributed by atoms with Gasteiger partial charge in [0.25, 0.3) is 5.91 Å². The Kier molecular flexibility index (Phi) is 10.1. The molecule has 0 bridgehead atoms. The van der Waals surface area contributed by atoms with Crippen LogP contribution < -0.4 is 10.2 Å². The molecule has 0 spiro atoms. The van der Waals surface area contributed by atoms with E-state index in [2.05, 4.69) is 27.6 Å². The molecule has 6 nitrogen and oxygen atoms in total. The minimum atomic E-state index is -0.346. The standard InChI is InChI=1S/C28H34N4O2/c1-3-4-5-6-7-11-18-34-25-16-14-24(15-17-25)26-20-27(31-30-26)28(33)32-29-21-22(2)19-23-12-9-8-10-13-23/h8-10,12-17,19-21H,3-7,11,18H2,1-2H3,(H,30,31)(H,32,33)/b22-19+,29-21-. The van der Waals surface area contributed by atoms with Gasteiger partial charge in [-0.3, -0.25) is 9.89 Å². The van der Waals surface area contributed by atoms with E-state index in [-0.39, 0.29) is 5.91 Å². The van der Waals surface area contributed by atoms with Crippen LogP contribution in [0.15, 0.2) is 71.3 Å². The van der Waals surface area contributed by atoms with Crippen molar-refractivity contribution < 1.29 is 9.53 Å². The zero-order chi connectivity index (χ0) is 24.0. The fourth-order valence-corrected chi connectivity index (χ4v) is 3.48. The summed E-state index contributed by atoms with van der Waals surface area (Å²) in [5.74, 6) is 0.500. The number of benzene rings is 2. The Morgan fingerprint density at radius 3 is 2.53 bits per heavy atom. The summed E-state index contributed by atoms with van der Waals surface area (Å²) >= 11 is 0. The predicted octanol–water partition coefficient (Wildman–Crippen LogP) is 6.64. The number of carbonyl (C=O) groups excluding carboxylic acids is 1. The molecule has 2 N–H and O–H groups in total. The number of nitrogens with zero attached hydrogens (tertiary/aromatic N) is 2. The number of aromatic nitrogens is 2. The first-order chi connectivity index (χ1) is 16.7. The van der Waals surface area contributed by atoms with Gasteiger partial charge in [-0.15, -0.1) is 0 Å². The molecule has 0 aliphatic heterocycles. The molecule has 1 heterocycles. The molecule has 1 aromatic heterocycles. The fourth-order valence-electron chi connectivity index (χ4n) is 3.48. The van der Waals surface area contributed by atoms with Gasteiger partial charge in [0.05, 0.1) is 18.5 Å². The zero-order valence-corrected chi connectivity index (χ0v) is 20.1. The summed E-state index contributed by atoms with van der Waals surface area (Å²) in [5.41, 5.74) is 6.49. The molecule has 0 saturated heterocycles. The minimum absolute atomic E-state index is 0.346. The molecule has 0 atom stereocenters. The maximum absolute atomic E-state index is 12.4. The summed E-state index contributed by atoms with van der Waals surface area (Å²) in [7, 11) is 0. The lowest BCUT2D eigenvalue weighted by molar-refractivity contribution is 0.0950. The highest BCUT2D eigenvalue weighted by atomic mass is 16.5. The van der Waals surface area contributed by atoms with E-state index >= 15 is 0 Å². The van der Waals surface area contributed by atoms with E-state index in [4.69, 9.17) is 4.74 Å². The SMILES string of the molecule is CCCCCCCCOc1ccc(-c2cc(C(=O)N/N=C\C(C)=C\c3ccccc3)[nH]n2)cc1. The van der Waals surface area contributed by atoms with E-state index in [9.17, 15) is 4.79 Å². The van der Waals surface area contributed by atoms with Crippen LogP contribution in [0.4, 0.5) is 0 Å². The van der Waals surface area contributed by atoms with Crippen LogP contribution in [-0.4, -0.2) is 28.9 Å². The van der Waals surface area contributed by atoms with Crippen molar-refractivity contribution in [3.63, 3.8) is 0 Å². The monoisotopic (exact) mass is 458 g/mol. The molecule has 0 fully saturated rings. The highest BCUT2D eigenvalue weighted by Gasteiger charge is 2.10. The number of rotatable bonds is 13. The van der Waals surface area contributed by atoms with Gasteiger partial charge in [0, 0.05) is 5.56 Å². The third-order valence-corrected chi connectivity index (χ3v) is 5.37. The molecule has 0 radical (unpaired) electrons. The van der Waals surface area contributed by atoms with Crippen LogP contribution in [0.1, 0.15) is 68.4 Å². The normalized spacial score (nSPS) is 11.6. The average molecular weight is 459 g/mol. The van der Waals surface area contributed by atoms with E-state index in [0.29, 0.717) is 11.4 Å². The number of ether oxygens (including phenoxy) is 1.